The number of hydrogen-bond acceptors (Lipinski definition) is 2. The van der Waals surface area contributed by atoms with E-state index in [0.29, 0.717) is 10.4 Å². The number of aryl methyl sites for hydroxylation is 1. The molecule has 0 spiro atoms. The van der Waals surface area contributed by atoms with Crippen molar-refractivity contribution in [3.05, 3.63) is 57.3 Å². The zero-order valence-electron chi connectivity index (χ0n) is 11.5. The van der Waals surface area contributed by atoms with Crippen LogP contribution < -0.4 is 0 Å². The van der Waals surface area contributed by atoms with Crippen molar-refractivity contribution in [2.45, 2.75) is 19.9 Å². The predicted molar refractivity (Wildman–Crippen MR) is 75.9 cm³/mol. The van der Waals surface area contributed by atoms with E-state index in [-0.39, 0.29) is 11.9 Å². The molecule has 0 aliphatic carbocycles. The highest BCUT2D eigenvalue weighted by Gasteiger charge is 2.21. The third kappa shape index (κ3) is 2.72. The first-order valence-corrected chi connectivity index (χ1v) is 7.06. The summed E-state index contributed by atoms with van der Waals surface area (Å²) in [6.07, 6.45) is 0. The molecule has 2 rings (SSSR count). The van der Waals surface area contributed by atoms with Crippen molar-refractivity contribution in [1.29, 1.82) is 0 Å². The Morgan fingerprint density at radius 3 is 2.50 bits per heavy atom. The molecule has 2 aromatic rings. The summed E-state index contributed by atoms with van der Waals surface area (Å²) >= 11 is 1.38. The van der Waals surface area contributed by atoms with Crippen LogP contribution in [-0.2, 0) is 0 Å². The second-order valence-corrected chi connectivity index (χ2v) is 5.61. The first-order chi connectivity index (χ1) is 9.41. The molecule has 1 amide bonds. The average molecular weight is 295 g/mol. The van der Waals surface area contributed by atoms with Gasteiger partial charge in [-0.15, -0.1) is 11.3 Å². The molecule has 0 bridgehead atoms. The van der Waals surface area contributed by atoms with Gasteiger partial charge >= 0.3 is 0 Å². The lowest BCUT2D eigenvalue weighted by atomic mass is 10.1. The summed E-state index contributed by atoms with van der Waals surface area (Å²) in [5.41, 5.74) is 1.48. The fourth-order valence-electron chi connectivity index (χ4n) is 1.92. The molecule has 106 valence electrons. The molecule has 0 N–H and O–H groups in total. The molecule has 5 heteroatoms. The van der Waals surface area contributed by atoms with Gasteiger partial charge in [0.2, 0.25) is 0 Å². The van der Waals surface area contributed by atoms with Gasteiger partial charge in [-0.2, -0.15) is 0 Å². The normalized spacial score (nSPS) is 12.2. The Hall–Kier alpha value is -1.75. The van der Waals surface area contributed by atoms with E-state index in [4.69, 9.17) is 0 Å². The smallest absolute Gasteiger partial charge is 0.264 e. The van der Waals surface area contributed by atoms with Crippen LogP contribution in [0.1, 0.15) is 33.8 Å². The van der Waals surface area contributed by atoms with Gasteiger partial charge < -0.3 is 4.90 Å². The van der Waals surface area contributed by atoms with Crippen molar-refractivity contribution in [2.75, 3.05) is 7.05 Å². The fraction of sp³-hybridized carbons (Fsp3) is 0.267. The molecule has 2 nitrogen and oxygen atoms in total. The van der Waals surface area contributed by atoms with Gasteiger partial charge in [-0.3, -0.25) is 4.79 Å². The maximum absolute atomic E-state index is 13.3. The summed E-state index contributed by atoms with van der Waals surface area (Å²) in [4.78, 5) is 14.6. The van der Waals surface area contributed by atoms with Crippen LogP contribution >= 0.6 is 11.3 Å². The number of nitrogens with zero attached hydrogens (tertiary/aromatic N) is 1. The van der Waals surface area contributed by atoms with Gasteiger partial charge in [0.15, 0.2) is 11.6 Å². The number of carbonyl (C=O) groups excluding carboxylic acids is 1. The Morgan fingerprint density at radius 1 is 1.25 bits per heavy atom. The van der Waals surface area contributed by atoms with E-state index in [1.54, 1.807) is 14.0 Å². The lowest BCUT2D eigenvalue weighted by Gasteiger charge is -2.25. The zero-order chi connectivity index (χ0) is 14.9. The van der Waals surface area contributed by atoms with E-state index < -0.39 is 11.6 Å². The van der Waals surface area contributed by atoms with E-state index in [1.807, 2.05) is 18.4 Å². The fourth-order valence-corrected chi connectivity index (χ4v) is 2.83. The lowest BCUT2D eigenvalue weighted by Crippen LogP contribution is -2.29. The molecule has 1 atom stereocenters. The van der Waals surface area contributed by atoms with Crippen LogP contribution in [0.15, 0.2) is 29.6 Å². The predicted octanol–water partition coefficient (Wildman–Crippen LogP) is 4.17. The summed E-state index contributed by atoms with van der Waals surface area (Å²) in [7, 11) is 1.66. The highest BCUT2D eigenvalue weighted by Crippen LogP contribution is 2.25. The highest BCUT2D eigenvalue weighted by atomic mass is 32.1. The minimum atomic E-state index is -0.900. The topological polar surface area (TPSA) is 20.3 Å². The summed E-state index contributed by atoms with van der Waals surface area (Å²) < 4.78 is 26.2. The van der Waals surface area contributed by atoms with Crippen LogP contribution in [0.3, 0.4) is 0 Å². The number of halogens is 2. The molecule has 0 fully saturated rings. The second-order valence-electron chi connectivity index (χ2n) is 4.70. The number of rotatable bonds is 3. The van der Waals surface area contributed by atoms with Crippen LogP contribution in [0.4, 0.5) is 8.78 Å². The summed E-state index contributed by atoms with van der Waals surface area (Å²) in [5.74, 6) is -1.90. The number of benzene rings is 1. The van der Waals surface area contributed by atoms with Crippen LogP contribution in [-0.4, -0.2) is 17.9 Å². The molecule has 1 aromatic carbocycles. The molecule has 1 aromatic heterocycles. The molecule has 1 heterocycles. The van der Waals surface area contributed by atoms with Crippen molar-refractivity contribution >= 4 is 17.2 Å². The van der Waals surface area contributed by atoms with Crippen molar-refractivity contribution < 1.29 is 13.6 Å². The minimum absolute atomic E-state index is 0.116. The Kier molecular flexibility index (Phi) is 4.18. The third-order valence-corrected chi connectivity index (χ3v) is 4.39. The van der Waals surface area contributed by atoms with Gasteiger partial charge in [0, 0.05) is 7.05 Å². The van der Waals surface area contributed by atoms with Gasteiger partial charge in [0.25, 0.3) is 5.91 Å². The molecule has 0 aliphatic rings. The van der Waals surface area contributed by atoms with Gasteiger partial charge in [-0.1, -0.05) is 6.07 Å². The number of thiophene rings is 1. The number of carbonyl (C=O) groups is 1. The molecular weight excluding hydrogens is 280 g/mol. The maximum atomic E-state index is 13.3. The monoisotopic (exact) mass is 295 g/mol. The van der Waals surface area contributed by atoms with E-state index >= 15 is 0 Å². The summed E-state index contributed by atoms with van der Waals surface area (Å²) in [6.45, 7) is 3.66. The number of hydrogen-bond donors (Lipinski definition) is 0. The first kappa shape index (κ1) is 14.7. The molecule has 1 unspecified atom stereocenters. The van der Waals surface area contributed by atoms with Gasteiger partial charge in [-0.05, 0) is 48.6 Å². The van der Waals surface area contributed by atoms with Crippen molar-refractivity contribution in [3.8, 4) is 0 Å². The molecule has 0 aliphatic heterocycles. The largest absolute Gasteiger partial charge is 0.334 e. The maximum Gasteiger partial charge on any atom is 0.264 e. The molecule has 0 radical (unpaired) electrons. The zero-order valence-corrected chi connectivity index (χ0v) is 12.3. The van der Waals surface area contributed by atoms with Crippen molar-refractivity contribution in [1.82, 2.24) is 4.90 Å². The molecule has 20 heavy (non-hydrogen) atoms. The SMILES string of the molecule is Cc1ccsc1C(=O)N(C)C(C)c1ccc(F)c(F)c1. The van der Waals surface area contributed by atoms with Crippen molar-refractivity contribution in [2.24, 2.45) is 0 Å². The van der Waals surface area contributed by atoms with Crippen molar-refractivity contribution in [3.63, 3.8) is 0 Å². The Bertz CT molecular complexity index is 639. The van der Waals surface area contributed by atoms with E-state index in [0.717, 1.165) is 17.7 Å². The Balaban J connectivity index is 2.24. The van der Waals surface area contributed by atoms with E-state index in [1.165, 1.54) is 22.3 Å². The van der Waals surface area contributed by atoms with Gasteiger partial charge in [-0.25, -0.2) is 8.78 Å². The van der Waals surface area contributed by atoms with E-state index in [9.17, 15) is 13.6 Å². The summed E-state index contributed by atoms with van der Waals surface area (Å²) in [5, 5.41) is 1.86. The van der Waals surface area contributed by atoms with Crippen LogP contribution in [0, 0.1) is 18.6 Å². The standard InChI is InChI=1S/C15H15F2NOS/c1-9-6-7-20-14(9)15(19)18(3)10(2)11-4-5-12(16)13(17)8-11/h4-8,10H,1-3H3. The molecular formula is C15H15F2NOS. The Labute approximate surface area is 120 Å². The third-order valence-electron chi connectivity index (χ3n) is 3.38. The van der Waals surface area contributed by atoms with Gasteiger partial charge in [0.05, 0.1) is 10.9 Å². The molecule has 0 saturated carbocycles. The van der Waals surface area contributed by atoms with Crippen LogP contribution in [0.25, 0.3) is 0 Å². The van der Waals surface area contributed by atoms with Crippen LogP contribution in [0.2, 0.25) is 0 Å². The Morgan fingerprint density at radius 2 is 1.95 bits per heavy atom. The van der Waals surface area contributed by atoms with E-state index in [2.05, 4.69) is 0 Å². The number of amides is 1. The second kappa shape index (κ2) is 5.71. The minimum Gasteiger partial charge on any atom is -0.334 e. The van der Waals surface area contributed by atoms with Gasteiger partial charge in [0.1, 0.15) is 0 Å². The lowest BCUT2D eigenvalue weighted by molar-refractivity contribution is 0.0746. The van der Waals surface area contributed by atoms with Crippen LogP contribution in [0.5, 0.6) is 0 Å². The quantitative estimate of drug-likeness (QED) is 0.832. The molecule has 0 saturated heterocycles. The summed E-state index contributed by atoms with van der Waals surface area (Å²) in [6, 6.07) is 5.25. The highest BCUT2D eigenvalue weighted by molar-refractivity contribution is 7.12. The first-order valence-electron chi connectivity index (χ1n) is 6.18. The average Bonchev–Trinajstić information content (AvgIpc) is 2.85.